The third-order valence-electron chi connectivity index (χ3n) is 2.91. The first-order valence-electron chi connectivity index (χ1n) is 6.21. The van der Waals surface area contributed by atoms with Crippen molar-refractivity contribution in [1.82, 2.24) is 0 Å². The molecule has 0 aliphatic heterocycles. The lowest BCUT2D eigenvalue weighted by Gasteiger charge is -2.08. The standard InChI is InChI=1S/C15H12FNO4/c16-13-9-11(10-18)5-6-15(13)21-8-7-12-3-1-2-4-14(12)17(19)20/h1-6,9-10H,7-8H2. The van der Waals surface area contributed by atoms with Crippen LogP contribution in [0.3, 0.4) is 0 Å². The molecule has 0 atom stereocenters. The highest BCUT2D eigenvalue weighted by atomic mass is 19.1. The number of hydrogen-bond donors (Lipinski definition) is 0. The molecule has 0 amide bonds. The van der Waals surface area contributed by atoms with Gasteiger partial charge in [-0.15, -0.1) is 0 Å². The molecule has 2 aromatic carbocycles. The third-order valence-corrected chi connectivity index (χ3v) is 2.91. The number of ether oxygens (including phenoxy) is 1. The normalized spacial score (nSPS) is 10.1. The zero-order valence-electron chi connectivity index (χ0n) is 11.0. The van der Waals surface area contributed by atoms with Crippen LogP contribution in [0.1, 0.15) is 15.9 Å². The van der Waals surface area contributed by atoms with Gasteiger partial charge in [0.15, 0.2) is 11.6 Å². The molecule has 0 fully saturated rings. The Bertz CT molecular complexity index is 672. The Morgan fingerprint density at radius 2 is 2.00 bits per heavy atom. The van der Waals surface area contributed by atoms with Crippen LogP contribution in [0.4, 0.5) is 10.1 Å². The van der Waals surface area contributed by atoms with Crippen LogP contribution in [0.5, 0.6) is 5.75 Å². The van der Waals surface area contributed by atoms with Crippen molar-refractivity contribution in [3.05, 3.63) is 69.5 Å². The lowest BCUT2D eigenvalue weighted by Crippen LogP contribution is -2.05. The maximum Gasteiger partial charge on any atom is 0.272 e. The van der Waals surface area contributed by atoms with Gasteiger partial charge in [-0.05, 0) is 18.2 Å². The van der Waals surface area contributed by atoms with Crippen molar-refractivity contribution < 1.29 is 18.8 Å². The molecule has 5 nitrogen and oxygen atoms in total. The molecule has 0 unspecified atom stereocenters. The minimum Gasteiger partial charge on any atom is -0.490 e. The maximum absolute atomic E-state index is 13.6. The van der Waals surface area contributed by atoms with Crippen molar-refractivity contribution in [2.24, 2.45) is 0 Å². The summed E-state index contributed by atoms with van der Waals surface area (Å²) in [6.45, 7) is 0.0994. The fourth-order valence-electron chi connectivity index (χ4n) is 1.88. The van der Waals surface area contributed by atoms with Crippen LogP contribution in [-0.2, 0) is 6.42 Å². The van der Waals surface area contributed by atoms with Crippen molar-refractivity contribution in [1.29, 1.82) is 0 Å². The summed E-state index contributed by atoms with van der Waals surface area (Å²) < 4.78 is 18.8. The van der Waals surface area contributed by atoms with Crippen LogP contribution < -0.4 is 4.74 Å². The summed E-state index contributed by atoms with van der Waals surface area (Å²) in [7, 11) is 0. The molecule has 0 N–H and O–H groups in total. The van der Waals surface area contributed by atoms with Crippen molar-refractivity contribution in [3.8, 4) is 5.75 Å². The minimum atomic E-state index is -0.637. The first kappa shape index (κ1) is 14.6. The predicted octanol–water partition coefficient (Wildman–Crippen LogP) is 3.17. The fraction of sp³-hybridized carbons (Fsp3) is 0.133. The Labute approximate surface area is 120 Å². The van der Waals surface area contributed by atoms with E-state index in [2.05, 4.69) is 0 Å². The van der Waals surface area contributed by atoms with Gasteiger partial charge in [0.25, 0.3) is 5.69 Å². The summed E-state index contributed by atoms with van der Waals surface area (Å²) in [5.41, 5.74) is 0.754. The molecule has 0 aliphatic rings. The average molecular weight is 289 g/mol. The van der Waals surface area contributed by atoms with Gasteiger partial charge in [0.2, 0.25) is 0 Å². The van der Waals surface area contributed by atoms with E-state index in [1.807, 2.05) is 0 Å². The summed E-state index contributed by atoms with van der Waals surface area (Å²) in [6, 6.07) is 10.2. The minimum absolute atomic E-state index is 0.0119. The van der Waals surface area contributed by atoms with Crippen molar-refractivity contribution in [3.63, 3.8) is 0 Å². The molecule has 0 aliphatic carbocycles. The van der Waals surface area contributed by atoms with Gasteiger partial charge in [-0.3, -0.25) is 14.9 Å². The molecule has 0 saturated carbocycles. The van der Waals surface area contributed by atoms with Crippen LogP contribution in [-0.4, -0.2) is 17.8 Å². The van der Waals surface area contributed by atoms with Crippen molar-refractivity contribution in [2.75, 3.05) is 6.61 Å². The molecular formula is C15H12FNO4. The molecule has 0 bridgehead atoms. The summed E-state index contributed by atoms with van der Waals surface area (Å²) in [4.78, 5) is 20.9. The number of para-hydroxylation sites is 1. The van der Waals surface area contributed by atoms with Gasteiger partial charge in [0.05, 0.1) is 11.5 Å². The molecule has 21 heavy (non-hydrogen) atoms. The van der Waals surface area contributed by atoms with E-state index in [0.29, 0.717) is 11.8 Å². The van der Waals surface area contributed by atoms with Gasteiger partial charge in [-0.25, -0.2) is 4.39 Å². The monoisotopic (exact) mass is 289 g/mol. The molecule has 0 aromatic heterocycles. The highest BCUT2D eigenvalue weighted by Gasteiger charge is 2.12. The number of hydrogen-bond acceptors (Lipinski definition) is 4. The first-order valence-corrected chi connectivity index (χ1v) is 6.21. The van der Waals surface area contributed by atoms with E-state index < -0.39 is 10.7 Å². The molecule has 108 valence electrons. The Morgan fingerprint density at radius 3 is 2.67 bits per heavy atom. The second-order valence-corrected chi connectivity index (χ2v) is 4.29. The van der Waals surface area contributed by atoms with E-state index in [4.69, 9.17) is 4.74 Å². The van der Waals surface area contributed by atoms with Crippen LogP contribution in [0, 0.1) is 15.9 Å². The highest BCUT2D eigenvalue weighted by Crippen LogP contribution is 2.20. The number of aldehydes is 1. The number of halogens is 1. The number of carbonyl (C=O) groups excluding carboxylic acids is 1. The molecule has 2 aromatic rings. The van der Waals surface area contributed by atoms with Crippen LogP contribution in [0.25, 0.3) is 0 Å². The van der Waals surface area contributed by atoms with Crippen molar-refractivity contribution >= 4 is 12.0 Å². The zero-order valence-corrected chi connectivity index (χ0v) is 11.0. The molecule has 0 spiro atoms. The second kappa shape index (κ2) is 6.60. The van der Waals surface area contributed by atoms with E-state index in [0.717, 1.165) is 6.07 Å². The average Bonchev–Trinajstić information content (AvgIpc) is 2.49. The molecule has 0 heterocycles. The Hall–Kier alpha value is -2.76. The van der Waals surface area contributed by atoms with Gasteiger partial charge in [-0.2, -0.15) is 0 Å². The summed E-state index contributed by atoms with van der Waals surface area (Å²) >= 11 is 0. The lowest BCUT2D eigenvalue weighted by atomic mass is 10.1. The summed E-state index contributed by atoms with van der Waals surface area (Å²) in [6.07, 6.45) is 0.826. The van der Waals surface area contributed by atoms with Gasteiger partial charge in [0, 0.05) is 23.6 Å². The Morgan fingerprint density at radius 1 is 1.24 bits per heavy atom. The molecule has 0 saturated heterocycles. The number of nitro groups is 1. The number of carbonyl (C=O) groups is 1. The summed E-state index contributed by atoms with van der Waals surface area (Å²) in [5, 5.41) is 10.9. The quantitative estimate of drug-likeness (QED) is 0.465. The van der Waals surface area contributed by atoms with E-state index >= 15 is 0 Å². The van der Waals surface area contributed by atoms with Crippen molar-refractivity contribution in [2.45, 2.75) is 6.42 Å². The number of nitrogens with zero attached hydrogens (tertiary/aromatic N) is 1. The highest BCUT2D eigenvalue weighted by molar-refractivity contribution is 5.74. The maximum atomic E-state index is 13.6. The van der Waals surface area contributed by atoms with Gasteiger partial charge in [0.1, 0.15) is 6.29 Å². The van der Waals surface area contributed by atoms with Gasteiger partial charge in [-0.1, -0.05) is 18.2 Å². The molecule has 0 radical (unpaired) electrons. The smallest absolute Gasteiger partial charge is 0.272 e. The van der Waals surface area contributed by atoms with E-state index in [-0.39, 0.29) is 30.0 Å². The van der Waals surface area contributed by atoms with E-state index in [1.54, 1.807) is 18.2 Å². The molecular weight excluding hydrogens is 277 g/mol. The SMILES string of the molecule is O=Cc1ccc(OCCc2ccccc2[N+](=O)[O-])c(F)c1. The Balaban J connectivity index is 2.02. The molecule has 6 heteroatoms. The number of rotatable bonds is 6. The van der Waals surface area contributed by atoms with Gasteiger partial charge < -0.3 is 4.74 Å². The predicted molar refractivity (Wildman–Crippen MR) is 74.1 cm³/mol. The molecule has 2 rings (SSSR count). The second-order valence-electron chi connectivity index (χ2n) is 4.29. The first-order chi connectivity index (χ1) is 10.1. The van der Waals surface area contributed by atoms with Crippen LogP contribution in [0.2, 0.25) is 0 Å². The van der Waals surface area contributed by atoms with Gasteiger partial charge >= 0.3 is 0 Å². The third kappa shape index (κ3) is 3.62. The van der Waals surface area contributed by atoms with E-state index in [1.165, 1.54) is 18.2 Å². The Kier molecular flexibility index (Phi) is 4.61. The number of benzene rings is 2. The van der Waals surface area contributed by atoms with E-state index in [9.17, 15) is 19.3 Å². The fourth-order valence-corrected chi connectivity index (χ4v) is 1.88. The number of nitro benzene ring substituents is 1. The zero-order chi connectivity index (χ0) is 15.2. The largest absolute Gasteiger partial charge is 0.490 e. The lowest BCUT2D eigenvalue weighted by molar-refractivity contribution is -0.385. The topological polar surface area (TPSA) is 69.4 Å². The van der Waals surface area contributed by atoms with Crippen LogP contribution >= 0.6 is 0 Å². The van der Waals surface area contributed by atoms with Crippen LogP contribution in [0.15, 0.2) is 42.5 Å². The summed E-state index contributed by atoms with van der Waals surface area (Å²) in [5.74, 6) is -0.624.